The lowest BCUT2D eigenvalue weighted by atomic mass is 10.2. The van der Waals surface area contributed by atoms with Crippen LogP contribution in [0.15, 0.2) is 52.8 Å². The number of carbonyl (C=O) groups is 1. The Morgan fingerprint density at radius 3 is 2.71 bits per heavy atom. The van der Waals surface area contributed by atoms with Crippen molar-refractivity contribution in [3.05, 3.63) is 69.2 Å². The molecule has 2 aromatic carbocycles. The summed E-state index contributed by atoms with van der Waals surface area (Å²) in [5.74, 6) is 0.147. The van der Waals surface area contributed by atoms with E-state index in [4.69, 9.17) is 16.3 Å². The highest BCUT2D eigenvalue weighted by Gasteiger charge is 2.09. The van der Waals surface area contributed by atoms with Gasteiger partial charge in [0.05, 0.1) is 23.7 Å². The molecule has 0 fully saturated rings. The number of hydrogen-bond acceptors (Lipinski definition) is 4. The first-order chi connectivity index (χ1) is 13.5. The summed E-state index contributed by atoms with van der Waals surface area (Å²) >= 11 is 7.20. The maximum absolute atomic E-state index is 13.3. The number of nitrogens with one attached hydrogen (secondary N) is 1. The zero-order valence-electron chi connectivity index (χ0n) is 15.4. The summed E-state index contributed by atoms with van der Waals surface area (Å²) in [6, 6.07) is 11.5. The van der Waals surface area contributed by atoms with Gasteiger partial charge in [-0.25, -0.2) is 9.38 Å². The van der Waals surface area contributed by atoms with Gasteiger partial charge >= 0.3 is 0 Å². The summed E-state index contributed by atoms with van der Waals surface area (Å²) in [4.78, 5) is 17.5. The molecule has 0 atom stereocenters. The summed E-state index contributed by atoms with van der Waals surface area (Å²) in [6.07, 6.45) is 0.208. The molecule has 28 heavy (non-hydrogen) atoms. The average Bonchev–Trinajstić information content (AvgIpc) is 3.00. The third-order valence-electron chi connectivity index (χ3n) is 3.94. The zero-order chi connectivity index (χ0) is 20.1. The predicted molar refractivity (Wildman–Crippen MR) is 110 cm³/mol. The van der Waals surface area contributed by atoms with Gasteiger partial charge in [-0.3, -0.25) is 4.79 Å². The Labute approximate surface area is 171 Å². The monoisotopic (exact) mass is 419 g/mol. The second-order valence-electron chi connectivity index (χ2n) is 5.96. The molecule has 1 amide bonds. The van der Waals surface area contributed by atoms with E-state index < -0.39 is 5.82 Å². The van der Waals surface area contributed by atoms with Crippen LogP contribution in [0.2, 0.25) is 5.02 Å². The fraction of sp³-hybridized carbons (Fsp3) is 0.200. The molecule has 0 aliphatic carbocycles. The van der Waals surface area contributed by atoms with Crippen molar-refractivity contribution in [3.63, 3.8) is 0 Å². The molecular weight excluding hydrogens is 401 g/mol. The van der Waals surface area contributed by atoms with Crippen LogP contribution < -0.4 is 14.9 Å². The van der Waals surface area contributed by atoms with Crippen LogP contribution in [0.25, 0.3) is 0 Å². The number of thiazole rings is 1. The third-order valence-corrected chi connectivity index (χ3v) is 5.19. The van der Waals surface area contributed by atoms with E-state index >= 15 is 0 Å². The Bertz CT molecular complexity index is 1040. The van der Waals surface area contributed by atoms with Crippen LogP contribution in [0.4, 0.5) is 15.8 Å². The summed E-state index contributed by atoms with van der Waals surface area (Å²) < 4.78 is 20.5. The van der Waals surface area contributed by atoms with Gasteiger partial charge in [-0.1, -0.05) is 11.6 Å². The molecule has 3 aromatic rings. The first kappa shape index (κ1) is 20.1. The quantitative estimate of drug-likeness (QED) is 0.630. The van der Waals surface area contributed by atoms with E-state index in [1.54, 1.807) is 18.2 Å². The zero-order valence-corrected chi connectivity index (χ0v) is 17.0. The lowest BCUT2D eigenvalue weighted by Gasteiger charge is -2.07. The second-order valence-corrected chi connectivity index (χ2v) is 7.20. The molecule has 1 heterocycles. The summed E-state index contributed by atoms with van der Waals surface area (Å²) in [5.41, 5.74) is 2.08. The lowest BCUT2D eigenvalue weighted by molar-refractivity contribution is -0.115. The van der Waals surface area contributed by atoms with Crippen molar-refractivity contribution in [2.24, 2.45) is 12.0 Å². The fourth-order valence-electron chi connectivity index (χ4n) is 2.50. The van der Waals surface area contributed by atoms with E-state index in [0.717, 1.165) is 11.4 Å². The third kappa shape index (κ3) is 4.99. The molecule has 0 bridgehead atoms. The molecule has 5 nitrogen and oxygen atoms in total. The van der Waals surface area contributed by atoms with Crippen LogP contribution in [-0.2, 0) is 18.3 Å². The lowest BCUT2D eigenvalue weighted by Crippen LogP contribution is -2.19. The average molecular weight is 420 g/mol. The number of halogens is 2. The van der Waals surface area contributed by atoms with Crippen molar-refractivity contribution < 1.29 is 13.9 Å². The minimum atomic E-state index is -0.483. The molecule has 0 saturated heterocycles. The Morgan fingerprint density at radius 1 is 1.29 bits per heavy atom. The van der Waals surface area contributed by atoms with Gasteiger partial charge in [0.25, 0.3) is 0 Å². The van der Waals surface area contributed by atoms with Gasteiger partial charge in [-0.05, 0) is 49.4 Å². The van der Waals surface area contributed by atoms with Crippen molar-refractivity contribution in [1.82, 2.24) is 4.57 Å². The number of amides is 1. The normalized spacial score (nSPS) is 11.5. The van der Waals surface area contributed by atoms with Crippen LogP contribution in [0.5, 0.6) is 5.75 Å². The van der Waals surface area contributed by atoms with E-state index in [1.807, 2.05) is 36.1 Å². The van der Waals surface area contributed by atoms with Crippen molar-refractivity contribution in [2.45, 2.75) is 13.3 Å². The van der Waals surface area contributed by atoms with Crippen molar-refractivity contribution in [1.29, 1.82) is 0 Å². The van der Waals surface area contributed by atoms with Gasteiger partial charge in [0.2, 0.25) is 5.91 Å². The summed E-state index contributed by atoms with van der Waals surface area (Å²) in [5, 5.41) is 4.77. The topological polar surface area (TPSA) is 55.6 Å². The van der Waals surface area contributed by atoms with E-state index in [9.17, 15) is 9.18 Å². The largest absolute Gasteiger partial charge is 0.494 e. The molecular formula is C20H19ClFN3O2S. The molecule has 146 valence electrons. The van der Waals surface area contributed by atoms with Crippen LogP contribution in [-0.4, -0.2) is 17.1 Å². The highest BCUT2D eigenvalue weighted by molar-refractivity contribution is 7.07. The molecule has 0 unspecified atom stereocenters. The van der Waals surface area contributed by atoms with Crippen molar-refractivity contribution >= 4 is 40.2 Å². The SMILES string of the molecule is CCOc1ccc(NC(=O)Cc2csc(=Nc3ccc(F)c(Cl)c3)n2C)cc1. The molecule has 1 aromatic heterocycles. The van der Waals surface area contributed by atoms with Crippen LogP contribution >= 0.6 is 22.9 Å². The highest BCUT2D eigenvalue weighted by atomic mass is 35.5. The Balaban J connectivity index is 1.70. The number of carbonyl (C=O) groups excluding carboxylic acids is 1. The molecule has 1 N–H and O–H groups in total. The summed E-state index contributed by atoms with van der Waals surface area (Å²) in [6.45, 7) is 2.51. The predicted octanol–water partition coefficient (Wildman–Crippen LogP) is 4.69. The van der Waals surface area contributed by atoms with Crippen LogP contribution in [0, 0.1) is 5.82 Å². The van der Waals surface area contributed by atoms with E-state index in [-0.39, 0.29) is 17.4 Å². The Kier molecular flexibility index (Phi) is 6.49. The summed E-state index contributed by atoms with van der Waals surface area (Å²) in [7, 11) is 1.83. The smallest absolute Gasteiger partial charge is 0.230 e. The molecule has 8 heteroatoms. The van der Waals surface area contributed by atoms with E-state index in [0.29, 0.717) is 22.8 Å². The fourth-order valence-corrected chi connectivity index (χ4v) is 3.59. The number of nitrogens with zero attached hydrogens (tertiary/aromatic N) is 2. The van der Waals surface area contributed by atoms with Gasteiger partial charge in [-0.2, -0.15) is 0 Å². The van der Waals surface area contributed by atoms with Crippen molar-refractivity contribution in [2.75, 3.05) is 11.9 Å². The first-order valence-corrected chi connectivity index (χ1v) is 9.88. The van der Waals surface area contributed by atoms with Crippen LogP contribution in [0.3, 0.4) is 0 Å². The maximum Gasteiger partial charge on any atom is 0.230 e. The van der Waals surface area contributed by atoms with E-state index in [2.05, 4.69) is 10.3 Å². The maximum atomic E-state index is 13.3. The second kappa shape index (κ2) is 9.03. The molecule has 0 saturated carbocycles. The Hall–Kier alpha value is -2.64. The number of anilines is 1. The minimum Gasteiger partial charge on any atom is -0.494 e. The molecule has 0 aliphatic heterocycles. The number of aromatic nitrogens is 1. The van der Waals surface area contributed by atoms with Gasteiger partial charge in [0.15, 0.2) is 4.80 Å². The molecule has 0 spiro atoms. The number of benzene rings is 2. The first-order valence-electron chi connectivity index (χ1n) is 8.62. The minimum absolute atomic E-state index is 0.0235. The van der Waals surface area contributed by atoms with Gasteiger partial charge in [-0.15, -0.1) is 11.3 Å². The molecule has 0 aliphatic rings. The van der Waals surface area contributed by atoms with E-state index in [1.165, 1.54) is 23.5 Å². The molecule has 3 rings (SSSR count). The Morgan fingerprint density at radius 2 is 2.04 bits per heavy atom. The van der Waals surface area contributed by atoms with Gasteiger partial charge in [0.1, 0.15) is 11.6 Å². The van der Waals surface area contributed by atoms with Crippen LogP contribution in [0.1, 0.15) is 12.6 Å². The van der Waals surface area contributed by atoms with Gasteiger partial charge < -0.3 is 14.6 Å². The standard InChI is InChI=1S/C20H19ClFN3O2S/c1-3-27-16-7-4-13(5-8-16)23-19(26)11-15-12-28-20(25(15)2)24-14-6-9-18(22)17(21)10-14/h4-10,12H,3,11H2,1-2H3,(H,23,26). The highest BCUT2D eigenvalue weighted by Crippen LogP contribution is 2.21. The number of ether oxygens (including phenoxy) is 1. The molecule has 0 radical (unpaired) electrons. The van der Waals surface area contributed by atoms with Gasteiger partial charge in [0, 0.05) is 23.8 Å². The number of hydrogen-bond donors (Lipinski definition) is 1. The van der Waals surface area contributed by atoms with Crippen molar-refractivity contribution in [3.8, 4) is 5.75 Å². The number of rotatable bonds is 6.